The summed E-state index contributed by atoms with van der Waals surface area (Å²) in [6.07, 6.45) is 0.432. The Morgan fingerprint density at radius 1 is 1.55 bits per heavy atom. The third-order valence-corrected chi connectivity index (χ3v) is 8.59. The van der Waals surface area contributed by atoms with Gasteiger partial charge in [0.1, 0.15) is 9.28 Å². The van der Waals surface area contributed by atoms with Crippen LogP contribution in [0.1, 0.15) is 6.42 Å². The summed E-state index contributed by atoms with van der Waals surface area (Å²) in [5.41, 5.74) is 0. The Hall–Kier alpha value is 0.521. The predicted octanol–water partition coefficient (Wildman–Crippen LogP) is -3.27. The normalized spacial score (nSPS) is 14.3. The first-order chi connectivity index (χ1) is 5.06. The van der Waals surface area contributed by atoms with Gasteiger partial charge in [0.15, 0.2) is 0 Å². The van der Waals surface area contributed by atoms with E-state index in [1.165, 1.54) is 9.76 Å². The first kappa shape index (κ1) is 11.5. The van der Waals surface area contributed by atoms with Crippen LogP contribution in [-0.4, -0.2) is 52.9 Å². The highest BCUT2D eigenvalue weighted by atomic mass is 32.2. The minimum absolute atomic E-state index is 0.163. The maximum atomic E-state index is 10.2. The smallest absolute Gasteiger partial charge is 0.264 e. The highest BCUT2D eigenvalue weighted by Crippen LogP contribution is 1.87. The fourth-order valence-electron chi connectivity index (χ4n) is 0.590. The van der Waals surface area contributed by atoms with E-state index >= 15 is 0 Å². The summed E-state index contributed by atoms with van der Waals surface area (Å²) in [5.74, 6) is -0.163. The summed E-state index contributed by atoms with van der Waals surface area (Å²) in [6.45, 7) is 0.515. The Bertz CT molecular complexity index is 179. The molecule has 0 atom stereocenters. The monoisotopic (exact) mass is 230 g/mol. The molecule has 0 unspecified atom stereocenters. The molecule has 0 heterocycles. The summed E-state index contributed by atoms with van der Waals surface area (Å²) < 4.78 is 33.9. The predicted molar refractivity (Wildman–Crippen MR) is 54.0 cm³/mol. The van der Waals surface area contributed by atoms with Gasteiger partial charge in [0.2, 0.25) is 0 Å². The van der Waals surface area contributed by atoms with Crippen molar-refractivity contribution in [3.05, 3.63) is 0 Å². The molecule has 0 bridgehead atoms. The van der Waals surface area contributed by atoms with Crippen molar-refractivity contribution in [2.45, 2.75) is 6.42 Å². The largest absolute Gasteiger partial charge is 0.428 e. The second-order valence-corrected chi connectivity index (χ2v) is 18.9. The minimum Gasteiger partial charge on any atom is -0.428 e. The third-order valence-electron chi connectivity index (χ3n) is 1.04. The Balaban J connectivity index is 3.16. The fourth-order valence-corrected chi connectivity index (χ4v) is 5.85. The zero-order valence-electron chi connectivity index (χ0n) is 6.62. The highest BCUT2D eigenvalue weighted by molar-refractivity contribution is 7.85. The molecule has 0 radical (unpaired) electrons. The Morgan fingerprint density at radius 3 is 2.64 bits per heavy atom. The molecule has 68 valence electrons. The summed E-state index contributed by atoms with van der Waals surface area (Å²) in [5, 5.41) is 0. The second kappa shape index (κ2) is 6.08. The van der Waals surface area contributed by atoms with E-state index in [9.17, 15) is 8.42 Å². The zero-order valence-corrected chi connectivity index (χ0v) is 12.3. The van der Waals surface area contributed by atoms with Gasteiger partial charge in [-0.15, -0.1) is 0 Å². The van der Waals surface area contributed by atoms with Gasteiger partial charge in [-0.3, -0.25) is 4.55 Å². The molecule has 0 aliphatic rings. The molecule has 0 fully saturated rings. The Morgan fingerprint density at radius 2 is 2.18 bits per heavy atom. The van der Waals surface area contributed by atoms with Crippen molar-refractivity contribution in [2.24, 2.45) is 0 Å². The highest BCUT2D eigenvalue weighted by Gasteiger charge is 2.02. The molecule has 0 aromatic carbocycles. The Labute approximate surface area is 74.2 Å². The average molecular weight is 230 g/mol. The topological polar surface area (TPSA) is 63.6 Å². The number of hydrogen-bond donors (Lipinski definition) is 1. The molecule has 1 N–H and O–H groups in total. The van der Waals surface area contributed by atoms with E-state index in [1.807, 2.05) is 0 Å². The van der Waals surface area contributed by atoms with E-state index < -0.39 is 10.1 Å². The van der Waals surface area contributed by atoms with E-state index in [1.54, 1.807) is 0 Å². The van der Waals surface area contributed by atoms with Crippen LogP contribution in [-0.2, 0) is 14.5 Å². The molecule has 0 spiro atoms. The molecule has 0 rings (SSSR count). The molecule has 0 amide bonds. The third kappa shape index (κ3) is 10.5. The van der Waals surface area contributed by atoms with E-state index in [-0.39, 0.29) is 23.6 Å². The number of hydrogen-bond acceptors (Lipinski definition) is 3. The van der Waals surface area contributed by atoms with Gasteiger partial charge in [-0.05, 0) is 16.2 Å². The zero-order chi connectivity index (χ0) is 8.74. The van der Waals surface area contributed by atoms with Crippen LogP contribution in [0.25, 0.3) is 0 Å². The van der Waals surface area contributed by atoms with Gasteiger partial charge in [-0.25, -0.2) is 0 Å². The summed E-state index contributed by atoms with van der Waals surface area (Å²) in [7, 11) is -2.47. The van der Waals surface area contributed by atoms with Gasteiger partial charge in [-0.1, -0.05) is 0 Å². The summed E-state index contributed by atoms with van der Waals surface area (Å²) in [4.78, 5) is 0. The van der Waals surface area contributed by atoms with Gasteiger partial charge in [0.25, 0.3) is 10.1 Å². The molecule has 0 aliphatic carbocycles. The lowest BCUT2D eigenvalue weighted by atomic mass is 10.5. The molecule has 0 aliphatic heterocycles. The molecule has 0 aromatic heterocycles. The first-order valence-corrected chi connectivity index (χ1v) is 15.4. The van der Waals surface area contributed by atoms with Crippen molar-refractivity contribution in [1.29, 1.82) is 0 Å². The number of rotatable bonds is 6. The molecule has 0 saturated heterocycles. The van der Waals surface area contributed by atoms with Crippen LogP contribution in [0.3, 0.4) is 0 Å². The maximum absolute atomic E-state index is 10.2. The van der Waals surface area contributed by atoms with Crippen molar-refractivity contribution in [3.63, 3.8) is 0 Å². The lowest BCUT2D eigenvalue weighted by Crippen LogP contribution is -2.12. The van der Waals surface area contributed by atoms with E-state index in [2.05, 4.69) is 0 Å². The van der Waals surface area contributed by atoms with Crippen molar-refractivity contribution >= 4 is 37.7 Å². The summed E-state index contributed by atoms with van der Waals surface area (Å²) in [6, 6.07) is 0. The van der Waals surface area contributed by atoms with Gasteiger partial charge >= 0.3 is 0 Å². The van der Waals surface area contributed by atoms with Gasteiger partial charge in [0, 0.05) is 15.2 Å². The van der Waals surface area contributed by atoms with Crippen LogP contribution >= 0.6 is 0 Å². The van der Waals surface area contributed by atoms with Crippen molar-refractivity contribution in [1.82, 2.24) is 0 Å². The molecule has 11 heavy (non-hydrogen) atoms. The van der Waals surface area contributed by atoms with Gasteiger partial charge in [-0.2, -0.15) is 8.42 Å². The fraction of sp³-hybridized carbons (Fsp3) is 1.00. The lowest BCUT2D eigenvalue weighted by Gasteiger charge is -1.99. The molecule has 0 saturated carbocycles. The van der Waals surface area contributed by atoms with Crippen LogP contribution < -0.4 is 0 Å². The molecular formula is C3H14O4SSi3. The summed E-state index contributed by atoms with van der Waals surface area (Å²) >= 11 is 0. The Kier molecular flexibility index (Phi) is 6.37. The first-order valence-electron chi connectivity index (χ1n) is 3.59. The van der Waals surface area contributed by atoms with E-state index in [0.717, 1.165) is 0 Å². The van der Waals surface area contributed by atoms with E-state index in [0.29, 0.717) is 13.0 Å². The molecular weight excluding hydrogens is 216 g/mol. The van der Waals surface area contributed by atoms with Gasteiger partial charge < -0.3 is 4.43 Å². The van der Waals surface area contributed by atoms with Crippen LogP contribution in [0.15, 0.2) is 0 Å². The van der Waals surface area contributed by atoms with Crippen LogP contribution in [0, 0.1) is 0 Å². The van der Waals surface area contributed by atoms with Crippen molar-refractivity contribution < 1.29 is 17.4 Å². The molecule has 4 nitrogen and oxygen atoms in total. The average Bonchev–Trinajstić information content (AvgIpc) is 1.85. The molecule has 0 aromatic rings. The van der Waals surface area contributed by atoms with Gasteiger partial charge in [0.05, 0.1) is 5.75 Å². The van der Waals surface area contributed by atoms with Crippen LogP contribution in [0.4, 0.5) is 0 Å². The van der Waals surface area contributed by atoms with Crippen molar-refractivity contribution in [3.8, 4) is 0 Å². The SMILES string of the molecule is O=S(=O)(O)CCCO[SiH2][SiH2][SiH3]. The van der Waals surface area contributed by atoms with Crippen LogP contribution in [0.5, 0.6) is 0 Å². The quantitative estimate of drug-likeness (QED) is 0.295. The lowest BCUT2D eigenvalue weighted by molar-refractivity contribution is 0.342. The minimum atomic E-state index is -3.76. The maximum Gasteiger partial charge on any atom is 0.264 e. The van der Waals surface area contributed by atoms with Crippen LogP contribution in [0.2, 0.25) is 0 Å². The second-order valence-electron chi connectivity index (χ2n) is 2.25. The van der Waals surface area contributed by atoms with Crippen molar-refractivity contribution in [2.75, 3.05) is 12.4 Å². The molecule has 8 heteroatoms. The van der Waals surface area contributed by atoms with E-state index in [4.69, 9.17) is 8.98 Å². The standard InChI is InChI=1S/C3H14O4SSi3/c4-8(5,6)3-1-2-7-10-11-9/h1-3,10-11H2,9H3,(H,4,5,6).